The Morgan fingerprint density at radius 2 is 2.16 bits per heavy atom. The van der Waals surface area contributed by atoms with Crippen LogP contribution in [0.15, 0.2) is 48.9 Å². The zero-order valence-corrected chi connectivity index (χ0v) is 14.3. The molecule has 0 spiro atoms. The van der Waals surface area contributed by atoms with E-state index in [2.05, 4.69) is 15.5 Å². The third kappa shape index (κ3) is 4.06. The average molecular weight is 362 g/mol. The molecule has 2 aromatic heterocycles. The van der Waals surface area contributed by atoms with E-state index in [1.807, 2.05) is 6.92 Å². The van der Waals surface area contributed by atoms with Crippen LogP contribution in [0.1, 0.15) is 24.9 Å². The third-order valence-electron chi connectivity index (χ3n) is 3.76. The molecular formula is C17H17ClFN5O. The number of anilines is 1. The number of hydrogen-bond acceptors (Lipinski definition) is 3. The highest BCUT2D eigenvalue weighted by molar-refractivity contribution is 6.30. The summed E-state index contributed by atoms with van der Waals surface area (Å²) in [6, 6.07) is 7.70. The number of nitrogens with one attached hydrogen (secondary N) is 1. The Bertz CT molecular complexity index is 875. The van der Waals surface area contributed by atoms with Crippen LogP contribution in [0.4, 0.5) is 10.2 Å². The van der Waals surface area contributed by atoms with Crippen molar-refractivity contribution in [3.63, 3.8) is 0 Å². The molecule has 8 heteroatoms. The van der Waals surface area contributed by atoms with E-state index < -0.39 is 6.04 Å². The lowest BCUT2D eigenvalue weighted by molar-refractivity contribution is -0.119. The monoisotopic (exact) mass is 361 g/mol. The van der Waals surface area contributed by atoms with Gasteiger partial charge >= 0.3 is 0 Å². The van der Waals surface area contributed by atoms with Gasteiger partial charge in [0.15, 0.2) is 5.82 Å². The van der Waals surface area contributed by atoms with Gasteiger partial charge in [-0.2, -0.15) is 10.2 Å². The van der Waals surface area contributed by atoms with Crippen molar-refractivity contribution in [1.82, 2.24) is 19.6 Å². The van der Waals surface area contributed by atoms with E-state index >= 15 is 0 Å². The highest BCUT2D eigenvalue weighted by atomic mass is 35.5. The molecule has 0 bridgehead atoms. The van der Waals surface area contributed by atoms with Crippen LogP contribution in [0.5, 0.6) is 0 Å². The predicted octanol–water partition coefficient (Wildman–Crippen LogP) is 3.51. The van der Waals surface area contributed by atoms with Crippen LogP contribution in [-0.2, 0) is 11.3 Å². The largest absolute Gasteiger partial charge is 0.307 e. The quantitative estimate of drug-likeness (QED) is 0.730. The highest BCUT2D eigenvalue weighted by Crippen LogP contribution is 2.17. The second kappa shape index (κ2) is 7.48. The van der Waals surface area contributed by atoms with Crippen molar-refractivity contribution >= 4 is 23.3 Å². The molecule has 1 unspecified atom stereocenters. The smallest absolute Gasteiger partial charge is 0.250 e. The first-order chi connectivity index (χ1) is 12.1. The molecule has 0 fully saturated rings. The molecule has 1 amide bonds. The second-order valence-electron chi connectivity index (χ2n) is 5.54. The summed E-state index contributed by atoms with van der Waals surface area (Å²) in [5.41, 5.74) is 0.529. The molecule has 0 aliphatic rings. The second-order valence-corrected chi connectivity index (χ2v) is 5.98. The summed E-state index contributed by atoms with van der Waals surface area (Å²) >= 11 is 5.86. The van der Waals surface area contributed by atoms with Gasteiger partial charge in [0, 0.05) is 24.0 Å². The van der Waals surface area contributed by atoms with E-state index in [4.69, 9.17) is 11.6 Å². The van der Waals surface area contributed by atoms with E-state index in [0.29, 0.717) is 22.8 Å². The average Bonchev–Trinajstić information content (AvgIpc) is 3.20. The van der Waals surface area contributed by atoms with Crippen LogP contribution < -0.4 is 5.32 Å². The number of aromatic nitrogens is 4. The Morgan fingerprint density at radius 3 is 2.84 bits per heavy atom. The minimum Gasteiger partial charge on any atom is -0.307 e. The van der Waals surface area contributed by atoms with E-state index in [1.165, 1.54) is 16.9 Å². The fourth-order valence-electron chi connectivity index (χ4n) is 2.50. The molecule has 6 nitrogen and oxygen atoms in total. The first-order valence-electron chi connectivity index (χ1n) is 7.84. The predicted molar refractivity (Wildman–Crippen MR) is 92.9 cm³/mol. The van der Waals surface area contributed by atoms with Gasteiger partial charge in [-0.05, 0) is 12.5 Å². The van der Waals surface area contributed by atoms with Crippen LogP contribution >= 0.6 is 11.6 Å². The summed E-state index contributed by atoms with van der Waals surface area (Å²) in [7, 11) is 0. The summed E-state index contributed by atoms with van der Waals surface area (Å²) < 4.78 is 16.8. The SMILES string of the molecule is CCC(C(=O)Nc1ccn(Cc2ccccc2F)n1)n1cc(Cl)cn1. The summed E-state index contributed by atoms with van der Waals surface area (Å²) in [4.78, 5) is 12.5. The molecule has 1 atom stereocenters. The minimum absolute atomic E-state index is 0.238. The molecule has 25 heavy (non-hydrogen) atoms. The number of amides is 1. The normalized spacial score (nSPS) is 12.1. The van der Waals surface area contributed by atoms with Crippen molar-refractivity contribution < 1.29 is 9.18 Å². The Balaban J connectivity index is 1.68. The molecule has 130 valence electrons. The summed E-state index contributed by atoms with van der Waals surface area (Å²) in [6.45, 7) is 2.17. The standard InChI is InChI=1S/C17H17ClFN5O/c1-2-15(24-11-13(18)9-20-24)17(25)21-16-7-8-23(22-16)10-12-5-3-4-6-14(12)19/h3-9,11,15H,2,10H2,1H3,(H,21,22,25). The van der Waals surface area contributed by atoms with Gasteiger partial charge < -0.3 is 5.32 Å². The number of hydrogen-bond donors (Lipinski definition) is 1. The molecule has 3 aromatic rings. The van der Waals surface area contributed by atoms with Gasteiger partial charge in [0.1, 0.15) is 11.9 Å². The summed E-state index contributed by atoms with van der Waals surface area (Å²) in [5, 5.41) is 11.6. The fraction of sp³-hybridized carbons (Fsp3) is 0.235. The van der Waals surface area contributed by atoms with Crippen LogP contribution in [0.2, 0.25) is 5.02 Å². The van der Waals surface area contributed by atoms with Gasteiger partial charge in [0.05, 0.1) is 17.8 Å². The zero-order chi connectivity index (χ0) is 17.8. The number of benzene rings is 1. The van der Waals surface area contributed by atoms with E-state index in [9.17, 15) is 9.18 Å². The van der Waals surface area contributed by atoms with E-state index in [1.54, 1.807) is 41.3 Å². The molecule has 1 N–H and O–H groups in total. The maximum atomic E-state index is 13.7. The van der Waals surface area contributed by atoms with Crippen molar-refractivity contribution in [1.29, 1.82) is 0 Å². The first-order valence-corrected chi connectivity index (χ1v) is 8.22. The lowest BCUT2D eigenvalue weighted by atomic mass is 10.2. The molecule has 0 saturated carbocycles. The molecule has 0 saturated heterocycles. The Morgan fingerprint density at radius 1 is 1.36 bits per heavy atom. The van der Waals surface area contributed by atoms with Gasteiger partial charge in [-0.1, -0.05) is 36.7 Å². The number of carbonyl (C=O) groups excluding carboxylic acids is 1. The topological polar surface area (TPSA) is 64.7 Å². The van der Waals surface area contributed by atoms with Crippen molar-refractivity contribution in [2.45, 2.75) is 25.9 Å². The molecule has 0 aliphatic carbocycles. The Hall–Kier alpha value is -2.67. The highest BCUT2D eigenvalue weighted by Gasteiger charge is 2.20. The molecule has 3 rings (SSSR count). The van der Waals surface area contributed by atoms with Crippen molar-refractivity contribution in [3.8, 4) is 0 Å². The maximum Gasteiger partial charge on any atom is 0.250 e. The van der Waals surface area contributed by atoms with Gasteiger partial charge in [0.2, 0.25) is 5.91 Å². The number of nitrogens with zero attached hydrogens (tertiary/aromatic N) is 4. The lowest BCUT2D eigenvalue weighted by Crippen LogP contribution is -2.26. The summed E-state index contributed by atoms with van der Waals surface area (Å²) in [6.07, 6.45) is 5.33. The van der Waals surface area contributed by atoms with Crippen LogP contribution in [0.3, 0.4) is 0 Å². The first kappa shape index (κ1) is 17.2. The van der Waals surface area contributed by atoms with Gasteiger partial charge in [-0.25, -0.2) is 4.39 Å². The van der Waals surface area contributed by atoms with Crippen molar-refractivity contribution in [3.05, 3.63) is 65.3 Å². The van der Waals surface area contributed by atoms with Crippen molar-refractivity contribution in [2.24, 2.45) is 0 Å². The van der Waals surface area contributed by atoms with Gasteiger partial charge in [-0.15, -0.1) is 0 Å². The number of carbonyl (C=O) groups is 1. The summed E-state index contributed by atoms with van der Waals surface area (Å²) in [5.74, 6) is -0.123. The molecule has 2 heterocycles. The minimum atomic E-state index is -0.482. The molecule has 0 aliphatic heterocycles. The lowest BCUT2D eigenvalue weighted by Gasteiger charge is -2.14. The van der Waals surface area contributed by atoms with Gasteiger partial charge in [0.25, 0.3) is 0 Å². The van der Waals surface area contributed by atoms with Crippen LogP contribution in [0, 0.1) is 5.82 Å². The fourth-order valence-corrected chi connectivity index (χ4v) is 2.65. The van der Waals surface area contributed by atoms with E-state index in [-0.39, 0.29) is 18.3 Å². The molecule has 0 radical (unpaired) electrons. The molecular weight excluding hydrogens is 345 g/mol. The number of rotatable bonds is 6. The van der Waals surface area contributed by atoms with Gasteiger partial charge in [-0.3, -0.25) is 14.2 Å². The maximum absolute atomic E-state index is 13.7. The Labute approximate surface area is 149 Å². The molecule has 1 aromatic carbocycles. The number of halogens is 2. The Kier molecular flexibility index (Phi) is 5.14. The zero-order valence-electron chi connectivity index (χ0n) is 13.6. The van der Waals surface area contributed by atoms with E-state index in [0.717, 1.165) is 0 Å². The van der Waals surface area contributed by atoms with Crippen molar-refractivity contribution in [2.75, 3.05) is 5.32 Å². The van der Waals surface area contributed by atoms with Crippen LogP contribution in [0.25, 0.3) is 0 Å². The third-order valence-corrected chi connectivity index (χ3v) is 3.96. The van der Waals surface area contributed by atoms with Crippen LogP contribution in [-0.4, -0.2) is 25.5 Å².